The van der Waals surface area contributed by atoms with Crippen molar-refractivity contribution >= 4 is 140 Å². The maximum atomic E-state index is 11.7. The van der Waals surface area contributed by atoms with Gasteiger partial charge in [0.25, 0.3) is 5.24 Å². The van der Waals surface area contributed by atoms with Crippen molar-refractivity contribution in [3.05, 3.63) is 0 Å². The SMILES string of the molecule is O=C(NCSCCSC/N=C\S(=O)CSCO)OCSCCSCOO/C=N/CSCCSCNC(=O)SCSCO. The molecule has 22 heteroatoms. The molecule has 0 aromatic rings. The standard InChI is InChI=1S/C20H38N4O8S10/c25-13-39-17-41-20(28)24-11-36-4-1-33-8-21-7-31-32-16-38-6-5-37-15-30-19(27)23-10-35-3-2-34-9-22-12-42(29)18-40-14-26/h7,12,25-26H,1-6,8-11,13-18H2,(H,23,27)(H,24,28)/b21-7+,22-12-. The van der Waals surface area contributed by atoms with Crippen molar-refractivity contribution in [1.29, 1.82) is 0 Å². The highest BCUT2D eigenvalue weighted by Gasteiger charge is 2.02. The van der Waals surface area contributed by atoms with E-state index in [1.54, 1.807) is 58.8 Å². The molecule has 0 radical (unpaired) electrons. The Balaban J connectivity index is 3.30. The third kappa shape index (κ3) is 35.5. The molecule has 0 heterocycles. The second-order valence-corrected chi connectivity index (χ2v) is 17.8. The van der Waals surface area contributed by atoms with Crippen LogP contribution in [0, 0.1) is 0 Å². The fourth-order valence-electron chi connectivity index (χ4n) is 1.82. The van der Waals surface area contributed by atoms with E-state index in [1.165, 1.54) is 47.2 Å². The van der Waals surface area contributed by atoms with Crippen molar-refractivity contribution in [2.24, 2.45) is 9.98 Å². The highest BCUT2D eigenvalue weighted by Crippen LogP contribution is 2.12. The number of amides is 2. The zero-order valence-electron chi connectivity index (χ0n) is 22.8. The van der Waals surface area contributed by atoms with Crippen molar-refractivity contribution in [2.45, 2.75) is 0 Å². The molecule has 1 unspecified atom stereocenters. The number of nitrogens with one attached hydrogen (secondary N) is 2. The molecular weight excluding hydrogens is 745 g/mol. The number of hydrogen-bond donors (Lipinski definition) is 4. The highest BCUT2D eigenvalue weighted by molar-refractivity contribution is 8.23. The Kier molecular flexibility index (Phi) is 37.4. The molecule has 42 heavy (non-hydrogen) atoms. The summed E-state index contributed by atoms with van der Waals surface area (Å²) in [7, 11) is -1.15. The summed E-state index contributed by atoms with van der Waals surface area (Å²) < 4.78 is 16.6. The van der Waals surface area contributed by atoms with Gasteiger partial charge in [-0.15, -0.1) is 94.1 Å². The zero-order valence-corrected chi connectivity index (χ0v) is 31.0. The summed E-state index contributed by atoms with van der Waals surface area (Å²) in [5, 5.41) is 23.6. The second kappa shape index (κ2) is 36.5. The number of aliphatic hydroxyl groups excluding tert-OH is 2. The van der Waals surface area contributed by atoms with Crippen LogP contribution in [-0.2, 0) is 25.3 Å². The summed E-state index contributed by atoms with van der Waals surface area (Å²) in [6.45, 7) is 0. The first-order valence-electron chi connectivity index (χ1n) is 11.9. The Hall–Kier alpha value is 1.06. The minimum Gasteiger partial charge on any atom is -0.438 e. The second-order valence-electron chi connectivity index (χ2n) is 6.52. The molecule has 4 N–H and O–H groups in total. The van der Waals surface area contributed by atoms with Crippen LogP contribution in [0.3, 0.4) is 0 Å². The van der Waals surface area contributed by atoms with Crippen molar-refractivity contribution < 1.29 is 38.5 Å². The molecule has 12 nitrogen and oxygen atoms in total. The molecule has 0 fully saturated rings. The maximum Gasteiger partial charge on any atom is 0.408 e. The van der Waals surface area contributed by atoms with Crippen LogP contribution >= 0.6 is 106 Å². The molecule has 0 rings (SSSR count). The van der Waals surface area contributed by atoms with Crippen molar-refractivity contribution in [2.75, 3.05) is 91.9 Å². The van der Waals surface area contributed by atoms with Crippen molar-refractivity contribution in [3.63, 3.8) is 0 Å². The summed E-state index contributed by atoms with van der Waals surface area (Å²) in [5.74, 6) is 7.89. The van der Waals surface area contributed by atoms with E-state index in [4.69, 9.17) is 24.7 Å². The van der Waals surface area contributed by atoms with Crippen LogP contribution in [0.25, 0.3) is 0 Å². The quantitative estimate of drug-likeness (QED) is 0.0203. The van der Waals surface area contributed by atoms with Crippen LogP contribution in [0.5, 0.6) is 0 Å². The van der Waals surface area contributed by atoms with Crippen LogP contribution in [0.15, 0.2) is 9.98 Å². The highest BCUT2D eigenvalue weighted by atomic mass is 32.2. The molecule has 0 aliphatic carbocycles. The maximum absolute atomic E-state index is 11.7. The fourth-order valence-corrected chi connectivity index (χ4v) is 9.40. The van der Waals surface area contributed by atoms with Crippen LogP contribution in [0.2, 0.25) is 0 Å². The van der Waals surface area contributed by atoms with Gasteiger partial charge in [-0.25, -0.2) is 9.79 Å². The van der Waals surface area contributed by atoms with E-state index in [2.05, 4.69) is 20.6 Å². The number of ether oxygens (including phenoxy) is 1. The fraction of sp³-hybridized carbons (Fsp3) is 0.800. The molecule has 246 valence electrons. The normalized spacial score (nSPS) is 12.1. The number of aliphatic imine (C=N–C) groups is 2. The molecule has 0 aromatic heterocycles. The Bertz CT molecular complexity index is 734. The Labute approximate surface area is 288 Å². The molecule has 0 saturated carbocycles. The number of aliphatic hydroxyl groups is 2. The minimum absolute atomic E-state index is 0.0209. The van der Waals surface area contributed by atoms with Crippen LogP contribution in [0.1, 0.15) is 0 Å². The lowest BCUT2D eigenvalue weighted by atomic mass is 11.0. The molecule has 2 amide bonds. The largest absolute Gasteiger partial charge is 0.438 e. The monoisotopic (exact) mass is 782 g/mol. The van der Waals surface area contributed by atoms with Gasteiger partial charge < -0.3 is 30.5 Å². The topological polar surface area (TPSA) is 168 Å². The molecule has 0 saturated heterocycles. The van der Waals surface area contributed by atoms with E-state index in [0.717, 1.165) is 46.3 Å². The van der Waals surface area contributed by atoms with Gasteiger partial charge in [0.15, 0.2) is 0 Å². The zero-order chi connectivity index (χ0) is 30.8. The number of carbonyl (C=O) groups excluding carboxylic acids is 2. The molecule has 0 bridgehead atoms. The van der Waals surface area contributed by atoms with E-state index in [0.29, 0.717) is 39.6 Å². The van der Waals surface area contributed by atoms with Gasteiger partial charge in [0, 0.05) is 34.5 Å². The van der Waals surface area contributed by atoms with Crippen molar-refractivity contribution in [1.82, 2.24) is 10.6 Å². The van der Waals surface area contributed by atoms with E-state index >= 15 is 0 Å². The van der Waals surface area contributed by atoms with Crippen LogP contribution < -0.4 is 10.6 Å². The van der Waals surface area contributed by atoms with E-state index in [-0.39, 0.29) is 23.1 Å². The molecule has 0 aromatic carbocycles. The summed E-state index contributed by atoms with van der Waals surface area (Å²) in [4.78, 5) is 41.2. The lowest BCUT2D eigenvalue weighted by Crippen LogP contribution is -2.24. The number of carbonyl (C=O) groups is 2. The summed E-state index contributed by atoms with van der Waals surface area (Å²) >= 11 is 13.2. The summed E-state index contributed by atoms with van der Waals surface area (Å²) in [6.07, 6.45) is 0.840. The summed E-state index contributed by atoms with van der Waals surface area (Å²) in [5.41, 5.74) is 1.41. The van der Waals surface area contributed by atoms with E-state index in [1.807, 2.05) is 0 Å². The van der Waals surface area contributed by atoms with Crippen molar-refractivity contribution in [3.8, 4) is 0 Å². The van der Waals surface area contributed by atoms with Gasteiger partial charge in [0.2, 0.25) is 6.40 Å². The van der Waals surface area contributed by atoms with Gasteiger partial charge in [0.05, 0.1) is 61.9 Å². The minimum atomic E-state index is -1.15. The first kappa shape index (κ1) is 43.1. The first-order chi connectivity index (χ1) is 20.6. The molecular formula is C20H38N4O8S10. The number of alkyl carbamates (subject to hydrolysis) is 1. The molecule has 0 spiro atoms. The first-order valence-corrected chi connectivity index (χ1v) is 23.5. The van der Waals surface area contributed by atoms with Gasteiger partial charge in [-0.05, 0) is 0 Å². The Morgan fingerprint density at radius 1 is 0.762 bits per heavy atom. The molecule has 0 aliphatic heterocycles. The predicted octanol–water partition coefficient (Wildman–Crippen LogP) is 4.33. The van der Waals surface area contributed by atoms with Crippen LogP contribution in [-0.4, -0.2) is 130 Å². The van der Waals surface area contributed by atoms with Gasteiger partial charge in [0.1, 0.15) is 11.9 Å². The number of rotatable bonds is 30. The summed E-state index contributed by atoms with van der Waals surface area (Å²) in [6, 6.07) is 0. The van der Waals surface area contributed by atoms with Crippen LogP contribution in [0.4, 0.5) is 9.59 Å². The molecule has 1 atom stereocenters. The van der Waals surface area contributed by atoms with Gasteiger partial charge in [-0.1, -0.05) is 11.8 Å². The van der Waals surface area contributed by atoms with Gasteiger partial charge in [-0.2, -0.15) is 4.89 Å². The third-order valence-electron chi connectivity index (χ3n) is 3.52. The average Bonchev–Trinajstić information content (AvgIpc) is 2.98. The number of thioether (sulfide) groups is 9. The van der Waals surface area contributed by atoms with E-state index in [9.17, 15) is 13.8 Å². The number of nitrogens with zero attached hydrogens (tertiary/aromatic N) is 2. The van der Waals surface area contributed by atoms with Gasteiger partial charge >= 0.3 is 6.09 Å². The molecule has 0 aliphatic rings. The lowest BCUT2D eigenvalue weighted by molar-refractivity contribution is -0.196. The van der Waals surface area contributed by atoms with E-state index < -0.39 is 16.9 Å². The Morgan fingerprint density at radius 2 is 1.38 bits per heavy atom. The number of hydrogen-bond acceptors (Lipinski definition) is 19. The predicted molar refractivity (Wildman–Crippen MR) is 196 cm³/mol. The third-order valence-corrected chi connectivity index (χ3v) is 13.1. The average molecular weight is 783 g/mol. The van der Waals surface area contributed by atoms with Gasteiger partial charge in [-0.3, -0.25) is 14.0 Å². The smallest absolute Gasteiger partial charge is 0.408 e. The lowest BCUT2D eigenvalue weighted by Gasteiger charge is -2.06. The Morgan fingerprint density at radius 3 is 2.10 bits per heavy atom.